The van der Waals surface area contributed by atoms with Crippen molar-refractivity contribution in [3.8, 4) is 0 Å². The Labute approximate surface area is 114 Å². The lowest BCUT2D eigenvalue weighted by Gasteiger charge is -2.23. The average Bonchev–Trinajstić information content (AvgIpc) is 2.75. The SMILES string of the molecule is CC(Cc1ccsc1)NCC(O)COC(C)(C)C. The van der Waals surface area contributed by atoms with Crippen LogP contribution in [0.3, 0.4) is 0 Å². The fraction of sp³-hybridized carbons (Fsp3) is 0.714. The maximum atomic E-state index is 9.80. The number of nitrogens with one attached hydrogen (secondary N) is 1. The maximum Gasteiger partial charge on any atom is 0.0898 e. The zero-order valence-corrected chi connectivity index (χ0v) is 12.6. The van der Waals surface area contributed by atoms with Gasteiger partial charge in [0.1, 0.15) is 0 Å². The van der Waals surface area contributed by atoms with Crippen molar-refractivity contribution in [3.63, 3.8) is 0 Å². The van der Waals surface area contributed by atoms with Gasteiger partial charge in [0.25, 0.3) is 0 Å². The van der Waals surface area contributed by atoms with Crippen LogP contribution in [0.5, 0.6) is 0 Å². The highest BCUT2D eigenvalue weighted by Gasteiger charge is 2.14. The van der Waals surface area contributed by atoms with Gasteiger partial charge in [0.15, 0.2) is 0 Å². The summed E-state index contributed by atoms with van der Waals surface area (Å²) in [6.07, 6.45) is 0.547. The summed E-state index contributed by atoms with van der Waals surface area (Å²) >= 11 is 1.72. The van der Waals surface area contributed by atoms with Gasteiger partial charge in [0.05, 0.1) is 18.3 Å². The molecular formula is C14H25NO2S. The van der Waals surface area contributed by atoms with E-state index >= 15 is 0 Å². The molecule has 0 aliphatic heterocycles. The summed E-state index contributed by atoms with van der Waals surface area (Å²) in [5.41, 5.74) is 1.16. The van der Waals surface area contributed by atoms with Gasteiger partial charge in [-0.25, -0.2) is 0 Å². The normalized spacial score (nSPS) is 15.6. The average molecular weight is 271 g/mol. The van der Waals surface area contributed by atoms with Crippen LogP contribution in [0.15, 0.2) is 16.8 Å². The number of ether oxygens (including phenoxy) is 1. The molecule has 18 heavy (non-hydrogen) atoms. The highest BCUT2D eigenvalue weighted by Crippen LogP contribution is 2.09. The second-order valence-electron chi connectivity index (χ2n) is 5.72. The molecule has 1 heterocycles. The molecule has 2 N–H and O–H groups in total. The quantitative estimate of drug-likeness (QED) is 0.800. The fourth-order valence-corrected chi connectivity index (χ4v) is 2.26. The van der Waals surface area contributed by atoms with Crippen molar-refractivity contribution in [3.05, 3.63) is 22.4 Å². The summed E-state index contributed by atoms with van der Waals surface area (Å²) in [6, 6.07) is 2.51. The molecule has 0 amide bonds. The molecule has 1 rings (SSSR count). The first-order chi connectivity index (χ1) is 8.37. The predicted molar refractivity (Wildman–Crippen MR) is 77.2 cm³/mol. The van der Waals surface area contributed by atoms with Gasteiger partial charge in [-0.3, -0.25) is 0 Å². The van der Waals surface area contributed by atoms with Gasteiger partial charge in [-0.1, -0.05) is 0 Å². The van der Waals surface area contributed by atoms with E-state index in [9.17, 15) is 5.11 Å². The Hall–Kier alpha value is -0.420. The Bertz CT molecular complexity index is 319. The van der Waals surface area contributed by atoms with Crippen molar-refractivity contribution < 1.29 is 9.84 Å². The molecule has 0 spiro atoms. The van der Waals surface area contributed by atoms with E-state index in [0.717, 1.165) is 6.42 Å². The van der Waals surface area contributed by atoms with Crippen molar-refractivity contribution in [1.29, 1.82) is 0 Å². The van der Waals surface area contributed by atoms with E-state index in [2.05, 4.69) is 29.1 Å². The van der Waals surface area contributed by atoms with Gasteiger partial charge >= 0.3 is 0 Å². The number of aliphatic hydroxyl groups excluding tert-OH is 1. The Balaban J connectivity index is 2.15. The van der Waals surface area contributed by atoms with E-state index < -0.39 is 6.10 Å². The van der Waals surface area contributed by atoms with Crippen molar-refractivity contribution in [1.82, 2.24) is 5.32 Å². The third-order valence-corrected chi connectivity index (χ3v) is 3.26. The molecule has 1 aromatic rings. The number of thiophene rings is 1. The summed E-state index contributed by atoms with van der Waals surface area (Å²) in [4.78, 5) is 0. The molecule has 0 radical (unpaired) electrons. The molecular weight excluding hydrogens is 246 g/mol. The van der Waals surface area contributed by atoms with Gasteiger partial charge in [-0.2, -0.15) is 11.3 Å². The second-order valence-corrected chi connectivity index (χ2v) is 6.50. The first kappa shape index (κ1) is 15.6. The largest absolute Gasteiger partial charge is 0.389 e. The standard InChI is InChI=1S/C14H25NO2S/c1-11(7-12-5-6-18-10-12)15-8-13(16)9-17-14(2,3)4/h5-6,10-11,13,15-16H,7-9H2,1-4H3. The molecule has 0 saturated heterocycles. The number of hydrogen-bond donors (Lipinski definition) is 2. The molecule has 0 bridgehead atoms. The molecule has 0 aliphatic rings. The second kappa shape index (κ2) is 7.24. The van der Waals surface area contributed by atoms with Crippen LogP contribution in [0.4, 0.5) is 0 Å². The van der Waals surface area contributed by atoms with Gasteiger partial charge < -0.3 is 15.2 Å². The van der Waals surface area contributed by atoms with E-state index in [4.69, 9.17) is 4.74 Å². The summed E-state index contributed by atoms with van der Waals surface area (Å²) in [6.45, 7) is 9.06. The van der Waals surface area contributed by atoms with Crippen molar-refractivity contribution in [2.75, 3.05) is 13.2 Å². The zero-order chi connectivity index (χ0) is 13.6. The van der Waals surface area contributed by atoms with Crippen molar-refractivity contribution >= 4 is 11.3 Å². The Morgan fingerprint density at radius 3 is 2.72 bits per heavy atom. The molecule has 3 nitrogen and oxygen atoms in total. The van der Waals surface area contributed by atoms with Crippen molar-refractivity contribution in [2.24, 2.45) is 0 Å². The van der Waals surface area contributed by atoms with Crippen LogP contribution in [0, 0.1) is 0 Å². The van der Waals surface area contributed by atoms with Crippen LogP contribution in [0.25, 0.3) is 0 Å². The number of aliphatic hydroxyl groups is 1. The van der Waals surface area contributed by atoms with Crippen molar-refractivity contribution in [2.45, 2.75) is 51.9 Å². The lowest BCUT2D eigenvalue weighted by Crippen LogP contribution is -2.38. The highest BCUT2D eigenvalue weighted by atomic mass is 32.1. The first-order valence-electron chi connectivity index (χ1n) is 6.43. The Kier molecular flexibility index (Phi) is 6.29. The third kappa shape index (κ3) is 7.11. The molecule has 2 atom stereocenters. The van der Waals surface area contributed by atoms with E-state index in [1.54, 1.807) is 11.3 Å². The topological polar surface area (TPSA) is 41.5 Å². The van der Waals surface area contributed by atoms with Crippen LogP contribution in [-0.4, -0.2) is 36.0 Å². The zero-order valence-electron chi connectivity index (χ0n) is 11.8. The highest BCUT2D eigenvalue weighted by molar-refractivity contribution is 7.07. The summed E-state index contributed by atoms with van der Waals surface area (Å²) in [5.74, 6) is 0. The van der Waals surface area contributed by atoms with Gasteiger partial charge in [0.2, 0.25) is 0 Å². The number of hydrogen-bond acceptors (Lipinski definition) is 4. The van der Waals surface area contributed by atoms with Crippen LogP contribution in [0.2, 0.25) is 0 Å². The van der Waals surface area contributed by atoms with E-state index in [0.29, 0.717) is 19.2 Å². The Morgan fingerprint density at radius 1 is 1.44 bits per heavy atom. The monoisotopic (exact) mass is 271 g/mol. The molecule has 0 aromatic carbocycles. The molecule has 4 heteroatoms. The molecule has 0 saturated carbocycles. The van der Waals surface area contributed by atoms with Gasteiger partial charge in [0, 0.05) is 12.6 Å². The van der Waals surface area contributed by atoms with Crippen LogP contribution >= 0.6 is 11.3 Å². The summed E-state index contributed by atoms with van der Waals surface area (Å²) in [5, 5.41) is 17.4. The van der Waals surface area contributed by atoms with Gasteiger partial charge in [-0.05, 0) is 56.5 Å². The van der Waals surface area contributed by atoms with E-state index in [1.165, 1.54) is 5.56 Å². The molecule has 104 valence electrons. The number of rotatable bonds is 7. The van der Waals surface area contributed by atoms with Crippen LogP contribution in [0.1, 0.15) is 33.3 Å². The van der Waals surface area contributed by atoms with Crippen LogP contribution < -0.4 is 5.32 Å². The third-order valence-electron chi connectivity index (χ3n) is 2.53. The molecule has 1 aromatic heterocycles. The minimum Gasteiger partial charge on any atom is -0.389 e. The molecule has 0 aliphatic carbocycles. The minimum atomic E-state index is -0.450. The Morgan fingerprint density at radius 2 is 2.17 bits per heavy atom. The summed E-state index contributed by atoms with van der Waals surface area (Å²) < 4.78 is 5.54. The van der Waals surface area contributed by atoms with Crippen LogP contribution in [-0.2, 0) is 11.2 Å². The first-order valence-corrected chi connectivity index (χ1v) is 7.37. The fourth-order valence-electron chi connectivity index (χ4n) is 1.58. The minimum absolute atomic E-state index is 0.191. The maximum absolute atomic E-state index is 9.80. The molecule has 2 unspecified atom stereocenters. The lowest BCUT2D eigenvalue weighted by atomic mass is 10.1. The predicted octanol–water partition coefficient (Wildman–Crippen LogP) is 2.44. The smallest absolute Gasteiger partial charge is 0.0898 e. The van der Waals surface area contributed by atoms with E-state index in [1.807, 2.05) is 20.8 Å². The molecule has 0 fully saturated rings. The van der Waals surface area contributed by atoms with Gasteiger partial charge in [-0.15, -0.1) is 0 Å². The lowest BCUT2D eigenvalue weighted by molar-refractivity contribution is -0.0482. The van der Waals surface area contributed by atoms with E-state index in [-0.39, 0.29) is 5.60 Å². The summed E-state index contributed by atoms with van der Waals surface area (Å²) in [7, 11) is 0.